The second kappa shape index (κ2) is 49.3. The Morgan fingerprint density at radius 2 is 0.559 bits per heavy atom. The standard InChI is InChI=1S/C74H118N8O52S2/c1-16-22(9-83)118-67(45(104)33(16)92)126-54-31(77-20(5)90)65(121-25(12-86)39(54)98)130-56-43(102)49(108)71(127-52-29(75-18(3)88)63(116-7)119-23(10-84)37(52)96)132-58(56)60(110)79-81-73(114)135-14-27-35(94)41(100)47(106)68(123-27)134-69-48(107)42(101)36(95)28(124-69)15-136-74(115)82-80-61(111)59-57(44(103)50(109)72(133-59)128-53-30(76-19(4)89)64(117-8)120-24(11-85)38(53)97)131-66-32(78-21(6)91)55(40(99)26(13-87)122-66)129-70-46(105)34(93)17(2)51(125-70)62(112)113/h9,16-17,22-59,63-72,84-87,92-109H,10-15H2,1-8H3,(H,75,88)(H,76,89)(H,77,90)(H,78,91)(H,79,110)(H,80,111)(H,81,114)(H,82,115)(H,112,113)/t16-,17+,22?,23?,24?,25?,26?,27?,28?,29?,30?,31?,32?,33+,34+,35-,36-,37-,38-,39-,40-,41+,42+,43-,44-,45?,46?,47?,48?,49+,50?,51?,52-,53-,54-,55-,56+,57+,58?,59?,63-,64-,65+,66+,67+,68-,69-,70+,71?,72-/m1/s1. The van der Waals surface area contributed by atoms with Gasteiger partial charge in [-0.05, 0) is 0 Å². The molecule has 60 nitrogen and oxygen atoms in total. The van der Waals surface area contributed by atoms with Gasteiger partial charge in [-0.1, -0.05) is 37.4 Å². The monoisotopic (exact) mass is 2010 g/mol. The molecule has 50 atom stereocenters. The van der Waals surface area contributed by atoms with Crippen LogP contribution in [0.5, 0.6) is 0 Å². The summed E-state index contributed by atoms with van der Waals surface area (Å²) in [6, 6.07) is -7.00. The highest BCUT2D eigenvalue weighted by atomic mass is 32.2. The number of carboxylic acids is 1. The highest BCUT2D eigenvalue weighted by molar-refractivity contribution is 8.13. The van der Waals surface area contributed by atoms with Gasteiger partial charge in [0.1, 0.15) is 195 Å². The lowest BCUT2D eigenvalue weighted by Crippen LogP contribution is -2.71. The fourth-order valence-corrected chi connectivity index (χ4v) is 18.0. The number of carbonyl (C=O) groups is 10. The molecular formula is C74H118N8O52S2. The molecule has 10 heterocycles. The number of carboxylic acid groups (broad SMARTS) is 1. The number of methoxy groups -OCH3 is 2. The van der Waals surface area contributed by atoms with Gasteiger partial charge in [0, 0.05) is 65.3 Å². The molecule has 8 amide bonds. The molecule has 0 saturated carbocycles. The molecule has 0 spiro atoms. The Kier molecular flexibility index (Phi) is 40.6. The van der Waals surface area contributed by atoms with E-state index in [4.69, 9.17) is 90.0 Å². The molecule has 778 valence electrons. The first-order valence-corrected chi connectivity index (χ1v) is 44.3. The van der Waals surface area contributed by atoms with Crippen molar-refractivity contribution in [1.82, 2.24) is 43.0 Å². The summed E-state index contributed by atoms with van der Waals surface area (Å²) in [4.78, 5) is 132. The molecule has 62 heteroatoms. The maximum Gasteiger partial charge on any atom is 0.333 e. The number of thioether (sulfide) groups is 2. The predicted molar refractivity (Wildman–Crippen MR) is 428 cm³/mol. The molecule has 10 aliphatic rings. The minimum atomic E-state index is -2.54. The van der Waals surface area contributed by atoms with Gasteiger partial charge in [-0.2, -0.15) is 0 Å². The largest absolute Gasteiger partial charge is 0.479 e. The second-order valence-corrected chi connectivity index (χ2v) is 35.3. The van der Waals surface area contributed by atoms with Crippen LogP contribution in [0.15, 0.2) is 0 Å². The Morgan fingerprint density at radius 3 is 0.860 bits per heavy atom. The van der Waals surface area contributed by atoms with Gasteiger partial charge in [-0.15, -0.1) is 0 Å². The number of aliphatic hydroxyl groups is 22. The number of nitrogens with one attached hydrogen (secondary N) is 8. The topological polar surface area (TPSA) is 908 Å². The average molecular weight is 2020 g/mol. The Morgan fingerprint density at radius 1 is 0.294 bits per heavy atom. The van der Waals surface area contributed by atoms with Crippen LogP contribution in [-0.4, -0.2) is 522 Å². The zero-order chi connectivity index (χ0) is 101. The third kappa shape index (κ3) is 25.6. The zero-order valence-corrected chi connectivity index (χ0v) is 74.8. The van der Waals surface area contributed by atoms with Gasteiger partial charge in [0.2, 0.25) is 23.6 Å². The van der Waals surface area contributed by atoms with Crippen LogP contribution in [0, 0.1) is 11.8 Å². The summed E-state index contributed by atoms with van der Waals surface area (Å²) in [6.07, 6.45) is -91.3. The first kappa shape index (κ1) is 112. The van der Waals surface area contributed by atoms with Crippen molar-refractivity contribution < 1.29 is 255 Å². The van der Waals surface area contributed by atoms with Crippen molar-refractivity contribution in [3.8, 4) is 0 Å². The molecule has 0 aromatic rings. The third-order valence-corrected chi connectivity index (χ3v) is 25.6. The molecule has 31 N–H and O–H groups in total. The lowest BCUT2D eigenvalue weighted by Gasteiger charge is -2.50. The molecule has 0 radical (unpaired) electrons. The summed E-state index contributed by atoms with van der Waals surface area (Å²) in [5.74, 6) is -12.3. The number of ether oxygens (including phenoxy) is 19. The summed E-state index contributed by atoms with van der Waals surface area (Å²) in [5, 5.41) is 263. The number of aliphatic hydroxyl groups excluding tert-OH is 22. The van der Waals surface area contributed by atoms with Crippen molar-refractivity contribution in [2.75, 3.05) is 52.2 Å². The van der Waals surface area contributed by atoms with Gasteiger partial charge in [-0.3, -0.25) is 60.1 Å². The van der Waals surface area contributed by atoms with E-state index in [0.29, 0.717) is 0 Å². The fraction of sp³-hybridized carbons (Fsp3) is 0.865. The molecule has 0 aromatic carbocycles. The average Bonchev–Trinajstić information content (AvgIpc) is 0.769. The van der Waals surface area contributed by atoms with Gasteiger partial charge in [0.05, 0.1) is 50.8 Å². The SMILES string of the molecule is CO[C@@H]1OC(CO)[C@@H](O)[C@H](OC2OC(C(=O)NNC(=O)SCC3O[C@H](O[C@H]4OC(CSC(=O)NNC(=O)C5O[C@@H](O[C@@H]6C(NC(C)=O)[C@H](OC)OC(CO)[C@H]6O)C(O)[C@@H](O)[C@@H]5O[C@@H]5OC(CO)[C@@H](O)[C@H](O[C@@H]6OC(C(=O)O)[C@@H](C)[C@H](O)C6O)C5NC(C)=O)[C@@H](O)[C@H](O)C4O)C(O)[C@@H](O)[C@@H]3O)[C@@H](O[C@@H]3OC(CO)[C@@H](O)[C@H](O[C@@H]4OC(C=O)[C@@H](C)[C@H](O)C4O)C3NC(C)=O)[C@H](O)[C@@H]2O)C1NC(C)=O. The van der Waals surface area contributed by atoms with E-state index in [1.807, 2.05) is 21.7 Å². The van der Waals surface area contributed by atoms with Crippen molar-refractivity contribution in [3.63, 3.8) is 0 Å². The van der Waals surface area contributed by atoms with E-state index in [-0.39, 0.29) is 29.8 Å². The van der Waals surface area contributed by atoms with Crippen molar-refractivity contribution in [3.05, 3.63) is 0 Å². The van der Waals surface area contributed by atoms with Gasteiger partial charge >= 0.3 is 5.97 Å². The molecule has 136 heavy (non-hydrogen) atoms. The summed E-state index contributed by atoms with van der Waals surface area (Å²) in [6.45, 7) is 2.31. The van der Waals surface area contributed by atoms with E-state index in [2.05, 4.69) is 21.3 Å². The zero-order valence-electron chi connectivity index (χ0n) is 73.1. The summed E-state index contributed by atoms with van der Waals surface area (Å²) >= 11 is 0.250. The lowest BCUT2D eigenvalue weighted by atomic mass is 9.90. The van der Waals surface area contributed by atoms with Crippen LogP contribution in [0.3, 0.4) is 0 Å². The van der Waals surface area contributed by atoms with Crippen LogP contribution >= 0.6 is 23.5 Å². The fourth-order valence-electron chi connectivity index (χ4n) is 16.6. The molecule has 10 fully saturated rings. The smallest absolute Gasteiger partial charge is 0.333 e. The minimum Gasteiger partial charge on any atom is -0.479 e. The number of aldehydes is 1. The summed E-state index contributed by atoms with van der Waals surface area (Å²) < 4.78 is 109. The molecule has 20 unspecified atom stereocenters. The van der Waals surface area contributed by atoms with Crippen LogP contribution in [-0.2, 0) is 128 Å². The number of hydrazine groups is 2. The second-order valence-electron chi connectivity index (χ2n) is 33.3. The van der Waals surface area contributed by atoms with Crippen LogP contribution in [0.2, 0.25) is 0 Å². The quantitative estimate of drug-likeness (QED) is 0.0220. The summed E-state index contributed by atoms with van der Waals surface area (Å²) in [5.41, 5.74) is 7.78. The predicted octanol–water partition coefficient (Wildman–Crippen LogP) is -19.2. The number of aliphatic carboxylic acids is 1. The molecule has 10 rings (SSSR count). The number of hydrogen-bond donors (Lipinski definition) is 31. The normalized spacial score (nSPS) is 45.5. The summed E-state index contributed by atoms with van der Waals surface area (Å²) in [7, 11) is 2.18. The van der Waals surface area contributed by atoms with Crippen LogP contribution in [0.1, 0.15) is 41.5 Å². The first-order chi connectivity index (χ1) is 64.2. The molecule has 10 saturated heterocycles. The molecule has 0 aromatic heterocycles. The van der Waals surface area contributed by atoms with Gasteiger partial charge in [0.25, 0.3) is 22.3 Å². The molecule has 10 aliphatic heterocycles. The van der Waals surface area contributed by atoms with Gasteiger partial charge in [-0.25, -0.2) is 4.79 Å². The number of hydrogen-bond acceptors (Lipinski definition) is 53. The van der Waals surface area contributed by atoms with Crippen molar-refractivity contribution in [1.29, 1.82) is 0 Å². The van der Waals surface area contributed by atoms with E-state index in [1.54, 1.807) is 0 Å². The highest BCUT2D eigenvalue weighted by Crippen LogP contribution is 2.41. The van der Waals surface area contributed by atoms with Crippen LogP contribution < -0.4 is 43.0 Å². The van der Waals surface area contributed by atoms with Crippen molar-refractivity contribution in [2.45, 2.75) is 336 Å². The van der Waals surface area contributed by atoms with E-state index in [0.717, 1.165) is 41.9 Å². The minimum absolute atomic E-state index is 0.121. The number of carbonyl (C=O) groups excluding carboxylic acids is 9. The van der Waals surface area contributed by atoms with Crippen LogP contribution in [0.4, 0.5) is 9.59 Å². The number of rotatable bonds is 32. The van der Waals surface area contributed by atoms with E-state index in [9.17, 15) is 165 Å². The molecular weight excluding hydrogens is 1900 g/mol. The lowest BCUT2D eigenvalue weighted by molar-refractivity contribution is -0.369. The van der Waals surface area contributed by atoms with Gasteiger partial charge in [0.15, 0.2) is 81.2 Å². The van der Waals surface area contributed by atoms with E-state index >= 15 is 0 Å². The maximum absolute atomic E-state index is 14.7. The van der Waals surface area contributed by atoms with E-state index in [1.165, 1.54) is 13.8 Å². The molecule has 0 bridgehead atoms. The highest BCUT2D eigenvalue weighted by Gasteiger charge is 2.62. The van der Waals surface area contributed by atoms with Crippen LogP contribution in [0.25, 0.3) is 0 Å². The first-order valence-electron chi connectivity index (χ1n) is 42.3. The van der Waals surface area contributed by atoms with Crippen molar-refractivity contribution in [2.24, 2.45) is 11.8 Å². The van der Waals surface area contributed by atoms with E-state index < -0.39 is 396 Å². The molecule has 0 aliphatic carbocycles. The Labute approximate surface area is 777 Å². The van der Waals surface area contributed by atoms with Crippen molar-refractivity contribution >= 4 is 81.7 Å². The van der Waals surface area contributed by atoms with Gasteiger partial charge < -0.3 is 234 Å². The third-order valence-electron chi connectivity index (χ3n) is 23.9. The Bertz CT molecular complexity index is 3950. The Balaban J connectivity index is 0.824. The Hall–Kier alpha value is -6.04. The maximum atomic E-state index is 14.7. The number of amides is 8.